The van der Waals surface area contributed by atoms with E-state index in [1.807, 2.05) is 32.0 Å². The van der Waals surface area contributed by atoms with Crippen LogP contribution in [-0.2, 0) is 9.59 Å². The molecule has 0 aliphatic heterocycles. The van der Waals surface area contributed by atoms with E-state index in [2.05, 4.69) is 17.2 Å². The van der Waals surface area contributed by atoms with E-state index in [1.165, 1.54) is 11.8 Å². The molecule has 1 rings (SSSR count). The summed E-state index contributed by atoms with van der Waals surface area (Å²) in [5.74, 6) is 0.343. The standard InChI is InChI=1S/C15H20N2O2S/c1-4-7-16-14(18)9-20-10-15(19)17-13-6-5-11(2)8-12(13)3/h4-6,8H,1,7,9-10H2,2-3H3,(H,16,18)(H,17,19). The molecule has 0 fully saturated rings. The molecule has 1 aromatic rings. The van der Waals surface area contributed by atoms with Crippen LogP contribution in [0.4, 0.5) is 5.69 Å². The summed E-state index contributed by atoms with van der Waals surface area (Å²) in [6, 6.07) is 5.87. The highest BCUT2D eigenvalue weighted by Gasteiger charge is 2.07. The van der Waals surface area contributed by atoms with Crippen molar-refractivity contribution in [3.05, 3.63) is 42.0 Å². The molecular weight excluding hydrogens is 272 g/mol. The number of thioether (sulfide) groups is 1. The van der Waals surface area contributed by atoms with Gasteiger partial charge in [0.2, 0.25) is 11.8 Å². The summed E-state index contributed by atoms with van der Waals surface area (Å²) in [6.07, 6.45) is 1.62. The van der Waals surface area contributed by atoms with Crippen LogP contribution >= 0.6 is 11.8 Å². The first-order valence-corrected chi connectivity index (χ1v) is 7.51. The average molecular weight is 292 g/mol. The van der Waals surface area contributed by atoms with Gasteiger partial charge in [-0.2, -0.15) is 0 Å². The molecular formula is C15H20N2O2S. The van der Waals surface area contributed by atoms with Gasteiger partial charge in [-0.3, -0.25) is 9.59 Å². The molecule has 0 aromatic heterocycles. The van der Waals surface area contributed by atoms with Gasteiger partial charge in [0.25, 0.3) is 0 Å². The molecule has 0 radical (unpaired) electrons. The quantitative estimate of drug-likeness (QED) is 0.758. The lowest BCUT2D eigenvalue weighted by Crippen LogP contribution is -2.26. The summed E-state index contributed by atoms with van der Waals surface area (Å²) >= 11 is 1.29. The van der Waals surface area contributed by atoms with Crippen LogP contribution in [0.3, 0.4) is 0 Å². The van der Waals surface area contributed by atoms with Crippen molar-refractivity contribution in [3.63, 3.8) is 0 Å². The third kappa shape index (κ3) is 5.93. The van der Waals surface area contributed by atoms with Crippen LogP contribution in [0.15, 0.2) is 30.9 Å². The molecule has 0 heterocycles. The molecule has 0 atom stereocenters. The number of carbonyl (C=O) groups is 2. The van der Waals surface area contributed by atoms with Crippen molar-refractivity contribution in [3.8, 4) is 0 Å². The summed E-state index contributed by atoms with van der Waals surface area (Å²) in [4.78, 5) is 23.1. The van der Waals surface area contributed by atoms with Crippen LogP contribution in [-0.4, -0.2) is 29.9 Å². The third-order valence-electron chi connectivity index (χ3n) is 2.57. The monoisotopic (exact) mass is 292 g/mol. The van der Waals surface area contributed by atoms with Gasteiger partial charge >= 0.3 is 0 Å². The molecule has 0 unspecified atom stereocenters. The molecule has 4 nitrogen and oxygen atoms in total. The fraction of sp³-hybridized carbons (Fsp3) is 0.333. The van der Waals surface area contributed by atoms with Crippen molar-refractivity contribution in [2.75, 3.05) is 23.4 Å². The molecule has 0 bridgehead atoms. The first-order valence-electron chi connectivity index (χ1n) is 6.35. The van der Waals surface area contributed by atoms with E-state index in [1.54, 1.807) is 6.08 Å². The lowest BCUT2D eigenvalue weighted by molar-refractivity contribution is -0.118. The van der Waals surface area contributed by atoms with Crippen LogP contribution < -0.4 is 10.6 Å². The van der Waals surface area contributed by atoms with Gasteiger partial charge in [-0.1, -0.05) is 23.8 Å². The second kappa shape index (κ2) is 8.43. The number of nitrogens with one attached hydrogen (secondary N) is 2. The molecule has 2 amide bonds. The van der Waals surface area contributed by atoms with Crippen molar-refractivity contribution in [1.29, 1.82) is 0 Å². The largest absolute Gasteiger partial charge is 0.352 e. The lowest BCUT2D eigenvalue weighted by atomic mass is 10.1. The summed E-state index contributed by atoms with van der Waals surface area (Å²) in [5, 5.41) is 5.51. The van der Waals surface area contributed by atoms with Crippen LogP contribution in [0, 0.1) is 13.8 Å². The number of carbonyl (C=O) groups excluding carboxylic acids is 2. The maximum absolute atomic E-state index is 11.8. The van der Waals surface area contributed by atoms with E-state index in [9.17, 15) is 9.59 Å². The fourth-order valence-electron chi connectivity index (χ4n) is 1.61. The maximum Gasteiger partial charge on any atom is 0.234 e. The topological polar surface area (TPSA) is 58.2 Å². The first kappa shape index (κ1) is 16.3. The third-order valence-corrected chi connectivity index (χ3v) is 3.50. The molecule has 0 saturated heterocycles. The SMILES string of the molecule is C=CCNC(=O)CSCC(=O)Nc1ccc(C)cc1C. The van der Waals surface area contributed by atoms with Crippen molar-refractivity contribution < 1.29 is 9.59 Å². The fourth-order valence-corrected chi connectivity index (χ4v) is 2.26. The van der Waals surface area contributed by atoms with E-state index in [0.717, 1.165) is 16.8 Å². The van der Waals surface area contributed by atoms with Crippen LogP contribution in [0.5, 0.6) is 0 Å². The molecule has 20 heavy (non-hydrogen) atoms. The van der Waals surface area contributed by atoms with Gasteiger partial charge in [0, 0.05) is 12.2 Å². The van der Waals surface area contributed by atoms with Crippen molar-refractivity contribution >= 4 is 29.3 Å². The maximum atomic E-state index is 11.8. The normalized spacial score (nSPS) is 9.90. The van der Waals surface area contributed by atoms with Crippen LogP contribution in [0.1, 0.15) is 11.1 Å². The zero-order valence-corrected chi connectivity index (χ0v) is 12.7. The van der Waals surface area contributed by atoms with Crippen LogP contribution in [0.25, 0.3) is 0 Å². The Labute approximate surface area is 124 Å². The second-order valence-electron chi connectivity index (χ2n) is 4.45. The predicted octanol–water partition coefficient (Wildman–Crippen LogP) is 2.28. The number of rotatable bonds is 7. The number of hydrogen-bond acceptors (Lipinski definition) is 3. The second-order valence-corrected chi connectivity index (χ2v) is 5.44. The van der Waals surface area contributed by atoms with Crippen molar-refractivity contribution in [2.24, 2.45) is 0 Å². The van der Waals surface area contributed by atoms with E-state index in [4.69, 9.17) is 0 Å². The molecule has 0 saturated carbocycles. The Bertz CT molecular complexity index is 501. The first-order chi connectivity index (χ1) is 9.52. The van der Waals surface area contributed by atoms with Gasteiger partial charge in [-0.15, -0.1) is 18.3 Å². The number of aryl methyl sites for hydroxylation is 2. The number of hydrogen-bond donors (Lipinski definition) is 2. The molecule has 2 N–H and O–H groups in total. The Balaban J connectivity index is 2.33. The van der Waals surface area contributed by atoms with Gasteiger partial charge in [-0.25, -0.2) is 0 Å². The van der Waals surface area contributed by atoms with Crippen molar-refractivity contribution in [1.82, 2.24) is 5.32 Å². The Kier molecular flexibility index (Phi) is 6.87. The molecule has 108 valence electrons. The zero-order valence-electron chi connectivity index (χ0n) is 11.9. The van der Waals surface area contributed by atoms with Gasteiger partial charge in [-0.05, 0) is 25.5 Å². The van der Waals surface area contributed by atoms with E-state index >= 15 is 0 Å². The Hall–Kier alpha value is -1.75. The highest BCUT2D eigenvalue weighted by molar-refractivity contribution is 8.00. The Morgan fingerprint density at radius 1 is 1.25 bits per heavy atom. The minimum absolute atomic E-state index is 0.0887. The lowest BCUT2D eigenvalue weighted by Gasteiger charge is -2.09. The smallest absolute Gasteiger partial charge is 0.234 e. The van der Waals surface area contributed by atoms with Gasteiger partial charge in [0.1, 0.15) is 0 Å². The summed E-state index contributed by atoms with van der Waals surface area (Å²) in [7, 11) is 0. The molecule has 0 spiro atoms. The predicted molar refractivity (Wildman–Crippen MR) is 85.1 cm³/mol. The molecule has 1 aromatic carbocycles. The van der Waals surface area contributed by atoms with E-state index < -0.39 is 0 Å². The Morgan fingerprint density at radius 2 is 1.95 bits per heavy atom. The number of anilines is 1. The average Bonchev–Trinajstić information content (AvgIpc) is 2.39. The molecule has 5 heteroatoms. The van der Waals surface area contributed by atoms with Gasteiger partial charge in [0.15, 0.2) is 0 Å². The zero-order chi connectivity index (χ0) is 15.0. The number of amides is 2. The minimum Gasteiger partial charge on any atom is -0.352 e. The highest BCUT2D eigenvalue weighted by atomic mass is 32.2. The van der Waals surface area contributed by atoms with E-state index in [0.29, 0.717) is 6.54 Å². The minimum atomic E-state index is -0.0986. The van der Waals surface area contributed by atoms with Crippen molar-refractivity contribution in [2.45, 2.75) is 13.8 Å². The number of benzene rings is 1. The van der Waals surface area contributed by atoms with Gasteiger partial charge < -0.3 is 10.6 Å². The highest BCUT2D eigenvalue weighted by Crippen LogP contribution is 2.16. The Morgan fingerprint density at radius 3 is 2.60 bits per heavy atom. The summed E-state index contributed by atoms with van der Waals surface area (Å²) in [5.41, 5.74) is 3.01. The molecule has 0 aliphatic rings. The summed E-state index contributed by atoms with van der Waals surface area (Å²) < 4.78 is 0. The molecule has 0 aliphatic carbocycles. The van der Waals surface area contributed by atoms with E-state index in [-0.39, 0.29) is 23.3 Å². The van der Waals surface area contributed by atoms with Crippen LogP contribution in [0.2, 0.25) is 0 Å². The van der Waals surface area contributed by atoms with Gasteiger partial charge in [0.05, 0.1) is 11.5 Å². The summed E-state index contributed by atoms with van der Waals surface area (Å²) in [6.45, 7) is 7.94.